The molecule has 0 heterocycles. The first-order valence-electron chi connectivity index (χ1n) is 6.18. The first-order valence-corrected chi connectivity index (χ1v) is 6.56. The van der Waals surface area contributed by atoms with Crippen LogP contribution in [0.2, 0.25) is 5.02 Å². The van der Waals surface area contributed by atoms with Crippen LogP contribution < -0.4 is 11.1 Å². The fourth-order valence-corrected chi connectivity index (χ4v) is 1.89. The van der Waals surface area contributed by atoms with Gasteiger partial charge in [-0.25, -0.2) is 0 Å². The highest BCUT2D eigenvalue weighted by Gasteiger charge is 2.31. The maximum atomic E-state index is 12.7. The molecule has 1 aromatic rings. The van der Waals surface area contributed by atoms with E-state index in [1.807, 2.05) is 0 Å². The summed E-state index contributed by atoms with van der Waals surface area (Å²) < 4.78 is 38.1. The van der Waals surface area contributed by atoms with Gasteiger partial charge in [0.25, 0.3) is 0 Å². The molecular formula is C13H17ClF3N3O. The maximum Gasteiger partial charge on any atom is 0.416 e. The fraction of sp³-hybridized carbons (Fsp3) is 0.462. The Balaban J connectivity index is 2.90. The zero-order valence-corrected chi connectivity index (χ0v) is 12.4. The summed E-state index contributed by atoms with van der Waals surface area (Å²) in [5, 5.41) is 2.77. The smallest absolute Gasteiger partial charge is 0.380 e. The molecule has 1 unspecified atom stereocenters. The lowest BCUT2D eigenvalue weighted by atomic mass is 10.1. The molecule has 3 N–H and O–H groups in total. The van der Waals surface area contributed by atoms with Crippen molar-refractivity contribution in [2.75, 3.05) is 26.0 Å². The summed E-state index contributed by atoms with van der Waals surface area (Å²) in [5.74, 6) is -0.170. The number of anilines is 1. The van der Waals surface area contributed by atoms with Gasteiger partial charge in [0.15, 0.2) is 0 Å². The third-order valence-corrected chi connectivity index (χ3v) is 3.02. The third-order valence-electron chi connectivity index (χ3n) is 2.80. The van der Waals surface area contributed by atoms with Crippen LogP contribution in [0, 0.1) is 0 Å². The topological polar surface area (TPSA) is 58.4 Å². The van der Waals surface area contributed by atoms with Crippen LogP contribution in [-0.2, 0) is 11.0 Å². The number of carbonyl (C=O) groups excluding carboxylic acids is 1. The standard InChI is InChI=1S/C13H17ClF3N3O/c1-20(2)12(21)6-11(7-18)19-10-4-8(13(15,16)17)3-9(14)5-10/h3-5,11,19H,6-7,18H2,1-2H3. The van der Waals surface area contributed by atoms with Gasteiger partial charge in [-0.15, -0.1) is 0 Å². The van der Waals surface area contributed by atoms with Gasteiger partial charge in [-0.1, -0.05) is 11.6 Å². The van der Waals surface area contributed by atoms with Gasteiger partial charge in [0.1, 0.15) is 0 Å². The Morgan fingerprint density at radius 3 is 2.48 bits per heavy atom. The van der Waals surface area contributed by atoms with Crippen LogP contribution in [0.5, 0.6) is 0 Å². The Hall–Kier alpha value is -1.47. The third kappa shape index (κ3) is 5.43. The van der Waals surface area contributed by atoms with E-state index in [2.05, 4.69) is 5.32 Å². The summed E-state index contributed by atoms with van der Waals surface area (Å²) in [6.45, 7) is 0.105. The quantitative estimate of drug-likeness (QED) is 0.875. The summed E-state index contributed by atoms with van der Waals surface area (Å²) in [7, 11) is 3.19. The van der Waals surface area contributed by atoms with Crippen molar-refractivity contribution in [2.24, 2.45) is 5.73 Å². The Labute approximate surface area is 126 Å². The van der Waals surface area contributed by atoms with Gasteiger partial charge in [-0.2, -0.15) is 13.2 Å². The maximum absolute atomic E-state index is 12.7. The molecule has 118 valence electrons. The van der Waals surface area contributed by atoms with Gasteiger partial charge in [-0.05, 0) is 18.2 Å². The Morgan fingerprint density at radius 2 is 2.00 bits per heavy atom. The molecule has 0 fully saturated rings. The predicted molar refractivity (Wildman–Crippen MR) is 76.2 cm³/mol. The lowest BCUT2D eigenvalue weighted by molar-refractivity contribution is -0.137. The predicted octanol–water partition coefficient (Wildman–Crippen LogP) is 2.58. The number of nitrogens with two attached hydrogens (primary N) is 1. The molecule has 0 aliphatic heterocycles. The van der Waals surface area contributed by atoms with Crippen LogP contribution in [0.4, 0.5) is 18.9 Å². The average molecular weight is 324 g/mol. The molecule has 1 rings (SSSR count). The van der Waals surface area contributed by atoms with E-state index in [0.29, 0.717) is 0 Å². The lowest BCUT2D eigenvalue weighted by Gasteiger charge is -2.20. The minimum Gasteiger partial charge on any atom is -0.380 e. The average Bonchev–Trinajstić information content (AvgIpc) is 2.35. The van der Waals surface area contributed by atoms with E-state index in [9.17, 15) is 18.0 Å². The number of alkyl halides is 3. The van der Waals surface area contributed by atoms with Crippen molar-refractivity contribution in [3.8, 4) is 0 Å². The molecule has 0 bridgehead atoms. The van der Waals surface area contributed by atoms with E-state index in [4.69, 9.17) is 17.3 Å². The first-order chi connectivity index (χ1) is 9.63. The Kier molecular flexibility index (Phi) is 5.86. The molecule has 0 spiro atoms. The molecule has 0 aliphatic carbocycles. The minimum atomic E-state index is -4.49. The number of amides is 1. The highest BCUT2D eigenvalue weighted by molar-refractivity contribution is 6.30. The van der Waals surface area contributed by atoms with Crippen LogP contribution in [0.15, 0.2) is 18.2 Å². The van der Waals surface area contributed by atoms with E-state index in [-0.39, 0.29) is 29.6 Å². The van der Waals surface area contributed by atoms with Crippen molar-refractivity contribution in [2.45, 2.75) is 18.6 Å². The SMILES string of the molecule is CN(C)C(=O)CC(CN)Nc1cc(Cl)cc(C(F)(F)F)c1. The minimum absolute atomic E-state index is 0.0398. The van der Waals surface area contributed by atoms with Crippen LogP contribution >= 0.6 is 11.6 Å². The fourth-order valence-electron chi connectivity index (χ4n) is 1.66. The van der Waals surface area contributed by atoms with Gasteiger partial charge in [0, 0.05) is 43.8 Å². The highest BCUT2D eigenvalue weighted by Crippen LogP contribution is 2.33. The molecule has 8 heteroatoms. The lowest BCUT2D eigenvalue weighted by Crippen LogP contribution is -2.35. The number of nitrogens with one attached hydrogen (secondary N) is 1. The molecule has 1 atom stereocenters. The van der Waals surface area contributed by atoms with Crippen LogP contribution in [-0.4, -0.2) is 37.5 Å². The second kappa shape index (κ2) is 7.00. The molecule has 1 amide bonds. The van der Waals surface area contributed by atoms with Crippen LogP contribution in [0.25, 0.3) is 0 Å². The molecule has 0 saturated carbocycles. The number of carbonyl (C=O) groups is 1. The van der Waals surface area contributed by atoms with Gasteiger partial charge in [0.2, 0.25) is 5.91 Å². The summed E-state index contributed by atoms with van der Waals surface area (Å²) in [6, 6.07) is 2.67. The Morgan fingerprint density at radius 1 is 1.38 bits per heavy atom. The van der Waals surface area contributed by atoms with Gasteiger partial charge in [-0.3, -0.25) is 4.79 Å². The van der Waals surface area contributed by atoms with E-state index >= 15 is 0 Å². The number of rotatable bonds is 5. The van der Waals surface area contributed by atoms with Crippen molar-refractivity contribution < 1.29 is 18.0 Å². The molecule has 0 aromatic heterocycles. The summed E-state index contributed by atoms with van der Waals surface area (Å²) >= 11 is 5.69. The van der Waals surface area contributed by atoms with Gasteiger partial charge >= 0.3 is 6.18 Å². The molecule has 1 aromatic carbocycles. The van der Waals surface area contributed by atoms with Crippen molar-refractivity contribution in [1.29, 1.82) is 0 Å². The van der Waals surface area contributed by atoms with Crippen molar-refractivity contribution in [3.05, 3.63) is 28.8 Å². The van der Waals surface area contributed by atoms with Crippen molar-refractivity contribution >= 4 is 23.2 Å². The number of halogens is 4. The molecule has 4 nitrogen and oxygen atoms in total. The van der Waals surface area contributed by atoms with E-state index in [1.165, 1.54) is 11.0 Å². The zero-order valence-electron chi connectivity index (χ0n) is 11.7. The van der Waals surface area contributed by atoms with Crippen molar-refractivity contribution in [3.63, 3.8) is 0 Å². The summed E-state index contributed by atoms with van der Waals surface area (Å²) in [6.07, 6.45) is -4.41. The van der Waals surface area contributed by atoms with E-state index in [1.54, 1.807) is 14.1 Å². The normalized spacial score (nSPS) is 12.9. The molecule has 0 radical (unpaired) electrons. The largest absolute Gasteiger partial charge is 0.416 e. The monoisotopic (exact) mass is 323 g/mol. The van der Waals surface area contributed by atoms with Crippen LogP contribution in [0.3, 0.4) is 0 Å². The number of hydrogen-bond donors (Lipinski definition) is 2. The van der Waals surface area contributed by atoms with Crippen LogP contribution in [0.1, 0.15) is 12.0 Å². The van der Waals surface area contributed by atoms with Crippen molar-refractivity contribution in [1.82, 2.24) is 4.90 Å². The molecule has 0 aliphatic rings. The van der Waals surface area contributed by atoms with Gasteiger partial charge in [0.05, 0.1) is 5.56 Å². The second-order valence-corrected chi connectivity index (χ2v) is 5.23. The summed E-state index contributed by atoms with van der Waals surface area (Å²) in [5.41, 5.74) is 4.87. The number of benzene rings is 1. The van der Waals surface area contributed by atoms with E-state index < -0.39 is 17.8 Å². The second-order valence-electron chi connectivity index (χ2n) is 4.80. The molecule has 21 heavy (non-hydrogen) atoms. The Bertz CT molecular complexity index is 506. The first kappa shape index (κ1) is 17.6. The molecule has 0 saturated heterocycles. The molecular weight excluding hydrogens is 307 g/mol. The number of hydrogen-bond acceptors (Lipinski definition) is 3. The highest BCUT2D eigenvalue weighted by atomic mass is 35.5. The van der Waals surface area contributed by atoms with E-state index in [0.717, 1.165) is 12.1 Å². The number of nitrogens with zero attached hydrogens (tertiary/aromatic N) is 1. The summed E-state index contributed by atoms with van der Waals surface area (Å²) in [4.78, 5) is 13.0. The van der Waals surface area contributed by atoms with Gasteiger partial charge < -0.3 is 16.0 Å². The zero-order chi connectivity index (χ0) is 16.2.